The lowest BCUT2D eigenvalue weighted by atomic mass is 9.97. The summed E-state index contributed by atoms with van der Waals surface area (Å²) in [6, 6.07) is 7.58. The van der Waals surface area contributed by atoms with Crippen molar-refractivity contribution in [2.45, 2.75) is 39.9 Å². The van der Waals surface area contributed by atoms with Crippen molar-refractivity contribution in [3.05, 3.63) is 34.9 Å². The molecule has 0 aliphatic carbocycles. The molecule has 0 aromatic heterocycles. The third-order valence-corrected chi connectivity index (χ3v) is 4.43. The molecule has 0 spiro atoms. The number of carbonyl (C=O) groups excluding carboxylic acids is 1. The van der Waals surface area contributed by atoms with E-state index < -0.39 is 0 Å². The van der Waals surface area contributed by atoms with Gasteiger partial charge in [-0.15, -0.1) is 0 Å². The van der Waals surface area contributed by atoms with E-state index >= 15 is 0 Å². The third-order valence-electron chi connectivity index (χ3n) is 4.18. The second kappa shape index (κ2) is 6.15. The van der Waals surface area contributed by atoms with Crippen molar-refractivity contribution in [2.75, 3.05) is 6.54 Å². The molecule has 1 aromatic carbocycles. The minimum atomic E-state index is -0.130. The van der Waals surface area contributed by atoms with Crippen molar-refractivity contribution in [3.63, 3.8) is 0 Å². The Bertz CT molecular complexity index is 472. The van der Waals surface area contributed by atoms with Gasteiger partial charge in [0.2, 0.25) is 5.91 Å². The summed E-state index contributed by atoms with van der Waals surface area (Å²) < 4.78 is 0. The molecule has 1 N–H and O–H groups in total. The van der Waals surface area contributed by atoms with Gasteiger partial charge < -0.3 is 4.90 Å². The molecule has 1 aliphatic rings. The van der Waals surface area contributed by atoms with Crippen LogP contribution in [0.25, 0.3) is 0 Å². The molecule has 0 saturated carbocycles. The van der Waals surface area contributed by atoms with Gasteiger partial charge in [0.25, 0.3) is 0 Å². The van der Waals surface area contributed by atoms with Gasteiger partial charge in [-0.05, 0) is 36.5 Å². The van der Waals surface area contributed by atoms with Crippen LogP contribution in [0.1, 0.15) is 39.4 Å². The molecule has 1 fully saturated rings. The first-order valence-corrected chi connectivity index (χ1v) is 7.60. The Hall–Kier alpha value is -1.06. The van der Waals surface area contributed by atoms with Gasteiger partial charge >= 0.3 is 0 Å². The van der Waals surface area contributed by atoms with Crippen molar-refractivity contribution in [1.29, 1.82) is 0 Å². The van der Waals surface area contributed by atoms with Gasteiger partial charge in [-0.25, -0.2) is 0 Å². The molecule has 2 rings (SSSR count). The van der Waals surface area contributed by atoms with E-state index in [0.29, 0.717) is 16.9 Å². The van der Waals surface area contributed by atoms with E-state index in [1.807, 2.05) is 36.1 Å². The zero-order valence-corrected chi connectivity index (χ0v) is 13.3. The lowest BCUT2D eigenvalue weighted by Crippen LogP contribution is -2.35. The number of benzene rings is 1. The predicted octanol–water partition coefficient (Wildman–Crippen LogP) is 3.45. The smallest absolute Gasteiger partial charge is 0.241 e. The quantitative estimate of drug-likeness (QED) is 0.922. The standard InChI is InChI=1S/C16H23ClN2O/c1-10(2)11(3)9-19-15(18-12(4)16(19)20)13-5-7-14(17)8-6-13/h5-8,10-12,15,18H,9H2,1-4H3. The summed E-state index contributed by atoms with van der Waals surface area (Å²) in [5.74, 6) is 1.21. The number of halogens is 1. The van der Waals surface area contributed by atoms with Crippen LogP contribution in [0.5, 0.6) is 0 Å². The number of hydrogen-bond acceptors (Lipinski definition) is 2. The monoisotopic (exact) mass is 294 g/mol. The summed E-state index contributed by atoms with van der Waals surface area (Å²) in [7, 11) is 0. The van der Waals surface area contributed by atoms with Crippen LogP contribution in [-0.4, -0.2) is 23.4 Å². The fraction of sp³-hybridized carbons (Fsp3) is 0.562. The summed E-state index contributed by atoms with van der Waals surface area (Å²) in [4.78, 5) is 14.3. The highest BCUT2D eigenvalue weighted by molar-refractivity contribution is 6.30. The largest absolute Gasteiger partial charge is 0.321 e. The average molecular weight is 295 g/mol. The Balaban J connectivity index is 2.21. The van der Waals surface area contributed by atoms with Crippen LogP contribution in [-0.2, 0) is 4.79 Å². The summed E-state index contributed by atoms with van der Waals surface area (Å²) in [5.41, 5.74) is 1.09. The van der Waals surface area contributed by atoms with E-state index in [0.717, 1.165) is 12.1 Å². The minimum absolute atomic E-state index is 0.0454. The maximum absolute atomic E-state index is 12.4. The molecule has 1 amide bonds. The highest BCUT2D eigenvalue weighted by atomic mass is 35.5. The second-order valence-corrected chi connectivity index (χ2v) is 6.49. The zero-order chi connectivity index (χ0) is 14.9. The van der Waals surface area contributed by atoms with Crippen molar-refractivity contribution in [2.24, 2.45) is 11.8 Å². The van der Waals surface area contributed by atoms with Gasteiger partial charge in [-0.1, -0.05) is 44.5 Å². The first-order chi connectivity index (χ1) is 9.40. The predicted molar refractivity (Wildman–Crippen MR) is 82.5 cm³/mol. The molecule has 20 heavy (non-hydrogen) atoms. The zero-order valence-electron chi connectivity index (χ0n) is 12.6. The molecule has 1 saturated heterocycles. The van der Waals surface area contributed by atoms with E-state index in [-0.39, 0.29) is 18.1 Å². The van der Waals surface area contributed by atoms with Crippen LogP contribution in [0.3, 0.4) is 0 Å². The molecule has 3 nitrogen and oxygen atoms in total. The highest BCUT2D eigenvalue weighted by Gasteiger charge is 2.37. The Morgan fingerprint density at radius 2 is 1.85 bits per heavy atom. The lowest BCUT2D eigenvalue weighted by Gasteiger charge is -2.29. The topological polar surface area (TPSA) is 32.3 Å². The van der Waals surface area contributed by atoms with Gasteiger partial charge in [0, 0.05) is 11.6 Å². The van der Waals surface area contributed by atoms with Crippen molar-refractivity contribution in [1.82, 2.24) is 10.2 Å². The van der Waals surface area contributed by atoms with E-state index in [1.54, 1.807) is 0 Å². The van der Waals surface area contributed by atoms with E-state index in [1.165, 1.54) is 0 Å². The molecule has 1 heterocycles. The fourth-order valence-electron chi connectivity index (χ4n) is 2.41. The number of nitrogens with one attached hydrogen (secondary N) is 1. The summed E-state index contributed by atoms with van der Waals surface area (Å²) in [5, 5.41) is 4.08. The Morgan fingerprint density at radius 1 is 1.25 bits per heavy atom. The Labute approximate surface area is 126 Å². The van der Waals surface area contributed by atoms with Gasteiger partial charge in [-0.3, -0.25) is 10.1 Å². The number of hydrogen-bond donors (Lipinski definition) is 1. The maximum Gasteiger partial charge on any atom is 0.241 e. The Kier molecular flexibility index (Phi) is 4.71. The number of amides is 1. The van der Waals surface area contributed by atoms with Gasteiger partial charge in [0.1, 0.15) is 6.17 Å². The lowest BCUT2D eigenvalue weighted by molar-refractivity contribution is -0.130. The van der Waals surface area contributed by atoms with Crippen LogP contribution >= 0.6 is 11.6 Å². The SMILES string of the molecule is CC1NC(c2ccc(Cl)cc2)N(CC(C)C(C)C)C1=O. The molecule has 1 aromatic rings. The van der Waals surface area contributed by atoms with E-state index in [4.69, 9.17) is 11.6 Å². The van der Waals surface area contributed by atoms with E-state index in [9.17, 15) is 4.79 Å². The summed E-state index contributed by atoms with van der Waals surface area (Å²) >= 11 is 5.94. The summed E-state index contributed by atoms with van der Waals surface area (Å²) in [6.07, 6.45) is -0.0454. The highest BCUT2D eigenvalue weighted by Crippen LogP contribution is 2.28. The van der Waals surface area contributed by atoms with Crippen LogP contribution in [0, 0.1) is 11.8 Å². The molecule has 4 heteroatoms. The Morgan fingerprint density at radius 3 is 2.40 bits per heavy atom. The third kappa shape index (κ3) is 3.15. The first-order valence-electron chi connectivity index (χ1n) is 7.22. The molecular weight excluding hydrogens is 272 g/mol. The molecular formula is C16H23ClN2O. The molecule has 110 valence electrons. The van der Waals surface area contributed by atoms with Gasteiger partial charge in [-0.2, -0.15) is 0 Å². The molecule has 3 atom stereocenters. The van der Waals surface area contributed by atoms with Crippen molar-refractivity contribution in [3.8, 4) is 0 Å². The fourth-order valence-corrected chi connectivity index (χ4v) is 2.54. The molecule has 3 unspecified atom stereocenters. The maximum atomic E-state index is 12.4. The van der Waals surface area contributed by atoms with Gasteiger partial charge in [0.05, 0.1) is 6.04 Å². The number of nitrogens with zero attached hydrogens (tertiary/aromatic N) is 1. The average Bonchev–Trinajstić information content (AvgIpc) is 2.68. The first kappa shape index (κ1) is 15.3. The van der Waals surface area contributed by atoms with Crippen molar-refractivity contribution < 1.29 is 4.79 Å². The van der Waals surface area contributed by atoms with Crippen LogP contribution in [0.15, 0.2) is 24.3 Å². The minimum Gasteiger partial charge on any atom is -0.321 e. The molecule has 1 aliphatic heterocycles. The van der Waals surface area contributed by atoms with Crippen LogP contribution in [0.2, 0.25) is 5.02 Å². The summed E-state index contributed by atoms with van der Waals surface area (Å²) in [6.45, 7) is 9.28. The normalized spacial score (nSPS) is 24.5. The number of rotatable bonds is 4. The van der Waals surface area contributed by atoms with Crippen LogP contribution < -0.4 is 5.32 Å². The van der Waals surface area contributed by atoms with Crippen LogP contribution in [0.4, 0.5) is 0 Å². The molecule has 0 bridgehead atoms. The number of carbonyl (C=O) groups is 1. The van der Waals surface area contributed by atoms with Crippen molar-refractivity contribution >= 4 is 17.5 Å². The van der Waals surface area contributed by atoms with E-state index in [2.05, 4.69) is 26.1 Å². The van der Waals surface area contributed by atoms with Gasteiger partial charge in [0.15, 0.2) is 0 Å². The second-order valence-electron chi connectivity index (χ2n) is 6.05. The molecule has 0 radical (unpaired) electrons.